The van der Waals surface area contributed by atoms with Gasteiger partial charge in [-0.1, -0.05) is 54.4 Å². The molecule has 174 valence electrons. The van der Waals surface area contributed by atoms with E-state index in [1.54, 1.807) is 6.07 Å². The summed E-state index contributed by atoms with van der Waals surface area (Å²) in [6.07, 6.45) is 7.97. The fourth-order valence-electron chi connectivity index (χ4n) is 5.07. The molecule has 1 aliphatic carbocycles. The fourth-order valence-corrected chi connectivity index (χ4v) is 5.59. The van der Waals surface area contributed by atoms with Crippen LogP contribution in [0.1, 0.15) is 38.2 Å². The molecule has 0 radical (unpaired) electrons. The van der Waals surface area contributed by atoms with Crippen molar-refractivity contribution in [1.29, 1.82) is 0 Å². The highest BCUT2D eigenvalue weighted by Crippen LogP contribution is 2.50. The molecular weight excluding hydrogens is 463 g/mol. The largest absolute Gasteiger partial charge is 0.370 e. The lowest BCUT2D eigenvalue weighted by molar-refractivity contribution is 0.424. The van der Waals surface area contributed by atoms with Crippen molar-refractivity contribution in [1.82, 2.24) is 10.3 Å². The van der Waals surface area contributed by atoms with E-state index in [0.29, 0.717) is 16.1 Å². The number of nitrogens with one attached hydrogen (secondary N) is 1. The number of hydrogen-bond donors (Lipinski definition) is 1. The van der Waals surface area contributed by atoms with Crippen LogP contribution in [0.25, 0.3) is 27.1 Å². The zero-order valence-corrected chi connectivity index (χ0v) is 20.8. The number of rotatable bonds is 6. The Morgan fingerprint density at radius 3 is 2.18 bits per heavy atom. The molecule has 6 heteroatoms. The molecule has 34 heavy (non-hydrogen) atoms. The van der Waals surface area contributed by atoms with E-state index < -0.39 is 0 Å². The lowest BCUT2D eigenvalue weighted by Crippen LogP contribution is -2.42. The van der Waals surface area contributed by atoms with Gasteiger partial charge in [0.2, 0.25) is 0 Å². The number of piperidine rings is 1. The molecule has 5 rings (SSSR count). The maximum absolute atomic E-state index is 7.58. The highest BCUT2D eigenvalue weighted by molar-refractivity contribution is 6.35. The summed E-state index contributed by atoms with van der Waals surface area (Å²) in [6, 6.07) is 14.7. The van der Waals surface area contributed by atoms with E-state index in [-0.39, 0.29) is 5.54 Å². The van der Waals surface area contributed by atoms with Crippen LogP contribution in [0.4, 0.5) is 5.69 Å². The second kappa shape index (κ2) is 9.58. The van der Waals surface area contributed by atoms with Crippen molar-refractivity contribution in [2.75, 3.05) is 24.5 Å². The average Bonchev–Trinajstić information content (AvgIpc) is 3.65. The van der Waals surface area contributed by atoms with Crippen LogP contribution in [0.15, 0.2) is 54.9 Å². The first kappa shape index (κ1) is 23.2. The number of hydrogen-bond acceptors (Lipinski definition) is 3. The highest BCUT2D eigenvalue weighted by atomic mass is 35.5. The van der Waals surface area contributed by atoms with Crippen molar-refractivity contribution in [3.05, 3.63) is 81.9 Å². The molecule has 1 saturated carbocycles. The summed E-state index contributed by atoms with van der Waals surface area (Å²) in [5, 5.41) is 4.83. The zero-order valence-electron chi connectivity index (χ0n) is 19.3. The summed E-state index contributed by atoms with van der Waals surface area (Å²) in [7, 11) is 0. The second-order valence-electron chi connectivity index (χ2n) is 9.28. The Balaban J connectivity index is 1.58. The molecule has 3 aromatic rings. The monoisotopic (exact) mass is 490 g/mol. The van der Waals surface area contributed by atoms with E-state index in [4.69, 9.17) is 29.8 Å². The van der Waals surface area contributed by atoms with Gasteiger partial charge < -0.3 is 15.1 Å². The van der Waals surface area contributed by atoms with Gasteiger partial charge in [0.1, 0.15) is 0 Å². The molecule has 1 N–H and O–H groups in total. The van der Waals surface area contributed by atoms with Crippen LogP contribution in [0.2, 0.25) is 10.0 Å². The molecule has 2 fully saturated rings. The maximum Gasteiger partial charge on any atom is 0.258 e. The number of aromatic nitrogens is 1. The Morgan fingerprint density at radius 1 is 1.00 bits per heavy atom. The van der Waals surface area contributed by atoms with Crippen molar-refractivity contribution in [2.45, 2.75) is 44.2 Å². The minimum atomic E-state index is -0.298. The molecule has 1 aliphatic heterocycles. The molecule has 2 heterocycles. The minimum absolute atomic E-state index is 0.298. The summed E-state index contributed by atoms with van der Waals surface area (Å²) < 4.78 is 0. The number of benzene rings is 2. The van der Waals surface area contributed by atoms with Crippen molar-refractivity contribution in [3.63, 3.8) is 0 Å². The van der Waals surface area contributed by atoms with E-state index in [2.05, 4.69) is 51.2 Å². The molecule has 0 amide bonds. The Hall–Kier alpha value is -2.58. The first-order chi connectivity index (χ1) is 16.5. The van der Waals surface area contributed by atoms with Crippen molar-refractivity contribution < 1.29 is 0 Å². The van der Waals surface area contributed by atoms with E-state index in [9.17, 15) is 0 Å². The fraction of sp³-hybridized carbons (Fsp3) is 0.357. The summed E-state index contributed by atoms with van der Waals surface area (Å²) >= 11 is 12.8. The van der Waals surface area contributed by atoms with Crippen molar-refractivity contribution in [2.24, 2.45) is 0 Å². The van der Waals surface area contributed by atoms with Crippen LogP contribution in [0.3, 0.4) is 0 Å². The smallest absolute Gasteiger partial charge is 0.258 e. The molecule has 0 unspecified atom stereocenters. The zero-order chi connectivity index (χ0) is 23.7. The third-order valence-electron chi connectivity index (χ3n) is 7.07. The third-order valence-corrected chi connectivity index (χ3v) is 7.50. The molecule has 1 aromatic heterocycles. The Kier molecular flexibility index (Phi) is 6.53. The number of nitrogens with zero attached hydrogens (tertiary/aromatic N) is 3. The summed E-state index contributed by atoms with van der Waals surface area (Å²) in [5.41, 5.74) is 6.19. The summed E-state index contributed by atoms with van der Waals surface area (Å²) in [4.78, 5) is 11.0. The van der Waals surface area contributed by atoms with Gasteiger partial charge in [-0.25, -0.2) is 6.57 Å². The quantitative estimate of drug-likeness (QED) is 0.370. The first-order valence-corrected chi connectivity index (χ1v) is 12.7. The lowest BCUT2D eigenvalue weighted by atomic mass is 9.94. The minimum Gasteiger partial charge on any atom is -0.370 e. The predicted octanol–water partition coefficient (Wildman–Crippen LogP) is 7.21. The molecule has 4 nitrogen and oxygen atoms in total. The molecule has 0 spiro atoms. The summed E-state index contributed by atoms with van der Waals surface area (Å²) in [6.45, 7) is 12.7. The number of pyridine rings is 1. The molecule has 2 aromatic carbocycles. The van der Waals surface area contributed by atoms with Gasteiger partial charge >= 0.3 is 0 Å². The van der Waals surface area contributed by atoms with Crippen LogP contribution >= 0.6 is 23.2 Å². The summed E-state index contributed by atoms with van der Waals surface area (Å²) in [5.74, 6) is 0. The number of halogens is 2. The standard InChI is InChI=1S/C28H28Cl2N4/c1-3-33-24-8-12-34(13-9-24)27-25(19-4-6-21(7-5-19)28(31-2)10-11-28)17-32-18-26(27)20-14-22(29)16-23(30)15-20/h4-7,14-18,24,33H,3,8-13H2,1H3. The van der Waals surface area contributed by atoms with Gasteiger partial charge in [0.25, 0.3) is 5.54 Å². The van der Waals surface area contributed by atoms with Gasteiger partial charge in [-0.05, 0) is 48.7 Å². The van der Waals surface area contributed by atoms with Gasteiger partial charge in [-0.3, -0.25) is 4.98 Å². The lowest BCUT2D eigenvalue weighted by Gasteiger charge is -2.36. The SMILES string of the molecule is [C-]#[N+]C1(c2ccc(-c3cncc(-c4cc(Cl)cc(Cl)c4)c3N3CCC(NCC)CC3)cc2)CC1. The van der Waals surface area contributed by atoms with E-state index in [1.807, 2.05) is 24.5 Å². The van der Waals surface area contributed by atoms with Crippen LogP contribution in [0.5, 0.6) is 0 Å². The topological polar surface area (TPSA) is 32.5 Å². The van der Waals surface area contributed by atoms with E-state index in [0.717, 1.165) is 73.1 Å². The Morgan fingerprint density at radius 2 is 1.62 bits per heavy atom. The van der Waals surface area contributed by atoms with E-state index >= 15 is 0 Å². The Labute approximate surface area is 211 Å². The third kappa shape index (κ3) is 4.53. The van der Waals surface area contributed by atoms with Gasteiger partial charge in [0, 0.05) is 71.1 Å². The van der Waals surface area contributed by atoms with Gasteiger partial charge in [0.05, 0.1) is 5.69 Å². The maximum atomic E-state index is 7.58. The average molecular weight is 491 g/mol. The number of anilines is 1. The van der Waals surface area contributed by atoms with Crippen LogP contribution < -0.4 is 10.2 Å². The highest BCUT2D eigenvalue weighted by Gasteiger charge is 2.52. The van der Waals surface area contributed by atoms with Gasteiger partial charge in [-0.15, -0.1) is 0 Å². The normalized spacial score (nSPS) is 17.4. The van der Waals surface area contributed by atoms with Crippen LogP contribution in [-0.4, -0.2) is 30.7 Å². The predicted molar refractivity (Wildman–Crippen MR) is 142 cm³/mol. The first-order valence-electron chi connectivity index (χ1n) is 12.0. The van der Waals surface area contributed by atoms with Crippen LogP contribution in [-0.2, 0) is 5.54 Å². The molecule has 2 aliphatic rings. The Bertz CT molecular complexity index is 1200. The van der Waals surface area contributed by atoms with E-state index in [1.165, 1.54) is 5.69 Å². The van der Waals surface area contributed by atoms with Crippen molar-refractivity contribution in [3.8, 4) is 22.3 Å². The van der Waals surface area contributed by atoms with Gasteiger partial charge in [0.15, 0.2) is 0 Å². The van der Waals surface area contributed by atoms with Gasteiger partial charge in [-0.2, -0.15) is 0 Å². The molecular formula is C28H28Cl2N4. The molecule has 1 saturated heterocycles. The molecule has 0 bridgehead atoms. The van der Waals surface area contributed by atoms with Crippen LogP contribution in [0, 0.1) is 6.57 Å². The van der Waals surface area contributed by atoms with Crippen molar-refractivity contribution >= 4 is 28.9 Å². The molecule has 0 atom stereocenters. The second-order valence-corrected chi connectivity index (χ2v) is 10.2.